The Hall–Kier alpha value is -1.86. The molecule has 0 spiro atoms. The molecule has 0 aliphatic rings. The van der Waals surface area contributed by atoms with Crippen LogP contribution in [-0.4, -0.2) is 29.6 Å². The molecule has 84 valence electrons. The van der Waals surface area contributed by atoms with Crippen molar-refractivity contribution in [1.29, 1.82) is 5.26 Å². The average Bonchev–Trinajstić information content (AvgIpc) is 2.17. The molecule has 16 heavy (non-hydrogen) atoms. The number of aliphatic carboxylic acids is 1. The number of benzene rings is 1. The van der Waals surface area contributed by atoms with Crippen LogP contribution in [-0.2, 0) is 4.79 Å². The predicted octanol–water partition coefficient (Wildman–Crippen LogP) is 1.58. The van der Waals surface area contributed by atoms with E-state index in [4.69, 9.17) is 10.4 Å². The fraction of sp³-hybridized carbons (Fsp3) is 0.333. The molecule has 0 amide bonds. The van der Waals surface area contributed by atoms with Gasteiger partial charge in [0.1, 0.15) is 6.04 Å². The summed E-state index contributed by atoms with van der Waals surface area (Å²) in [5, 5.41) is 17.7. The topological polar surface area (TPSA) is 64.3 Å². The average molecular weight is 218 g/mol. The first-order valence-electron chi connectivity index (χ1n) is 4.93. The number of nitrogens with zero attached hydrogens (tertiary/aromatic N) is 2. The van der Waals surface area contributed by atoms with E-state index >= 15 is 0 Å². The van der Waals surface area contributed by atoms with E-state index < -0.39 is 12.0 Å². The zero-order chi connectivity index (χ0) is 12.1. The Kier molecular flexibility index (Phi) is 4.03. The molecule has 0 bridgehead atoms. The van der Waals surface area contributed by atoms with Crippen LogP contribution in [0.2, 0.25) is 0 Å². The number of rotatable bonds is 4. The van der Waals surface area contributed by atoms with Crippen molar-refractivity contribution in [1.82, 2.24) is 4.90 Å². The van der Waals surface area contributed by atoms with Crippen molar-refractivity contribution in [2.75, 3.05) is 13.6 Å². The van der Waals surface area contributed by atoms with E-state index in [0.29, 0.717) is 0 Å². The molecule has 0 saturated heterocycles. The number of carboxylic acid groups (broad SMARTS) is 1. The Morgan fingerprint density at radius 2 is 2.31 bits per heavy atom. The molecule has 1 N–H and O–H groups in total. The summed E-state index contributed by atoms with van der Waals surface area (Å²) in [4.78, 5) is 12.1. The monoisotopic (exact) mass is 218 g/mol. The summed E-state index contributed by atoms with van der Waals surface area (Å²) in [6.07, 6.45) is 0. The van der Waals surface area contributed by atoms with Crippen LogP contribution in [0.4, 0.5) is 0 Å². The van der Waals surface area contributed by atoms with Gasteiger partial charge in [0, 0.05) is 0 Å². The molecule has 0 aromatic heterocycles. The van der Waals surface area contributed by atoms with Crippen LogP contribution in [0.1, 0.15) is 17.2 Å². The molecule has 1 unspecified atom stereocenters. The Morgan fingerprint density at radius 3 is 2.81 bits per heavy atom. The fourth-order valence-electron chi connectivity index (χ4n) is 1.57. The van der Waals surface area contributed by atoms with Crippen LogP contribution in [0.5, 0.6) is 0 Å². The second-order valence-corrected chi connectivity index (χ2v) is 3.75. The number of nitriles is 1. The van der Waals surface area contributed by atoms with E-state index in [1.54, 1.807) is 7.05 Å². The smallest absolute Gasteiger partial charge is 0.317 e. The number of likely N-dealkylation sites (N-methyl/N-ethyl adjacent to an activating group) is 1. The number of hydrogen-bond donors (Lipinski definition) is 1. The maximum atomic E-state index is 10.6. The highest BCUT2D eigenvalue weighted by Crippen LogP contribution is 2.19. The SMILES string of the molecule is Cc1cccc(C(C#N)N(C)CC(=O)O)c1. The van der Waals surface area contributed by atoms with Crippen LogP contribution in [0.3, 0.4) is 0 Å². The Bertz CT molecular complexity index is 423. The minimum absolute atomic E-state index is 0.147. The Labute approximate surface area is 94.7 Å². The van der Waals surface area contributed by atoms with Crippen molar-refractivity contribution in [3.8, 4) is 6.07 Å². The molecule has 1 rings (SSSR count). The minimum atomic E-state index is -0.935. The van der Waals surface area contributed by atoms with Crippen LogP contribution in [0, 0.1) is 18.3 Å². The summed E-state index contributed by atoms with van der Waals surface area (Å²) in [7, 11) is 1.63. The first-order valence-corrected chi connectivity index (χ1v) is 4.93. The Morgan fingerprint density at radius 1 is 1.62 bits per heavy atom. The van der Waals surface area contributed by atoms with Gasteiger partial charge in [-0.25, -0.2) is 0 Å². The van der Waals surface area contributed by atoms with Gasteiger partial charge in [0.2, 0.25) is 0 Å². The van der Waals surface area contributed by atoms with Gasteiger partial charge in [-0.15, -0.1) is 0 Å². The highest BCUT2D eigenvalue weighted by Gasteiger charge is 2.18. The second kappa shape index (κ2) is 5.29. The third-order valence-electron chi connectivity index (χ3n) is 2.31. The van der Waals surface area contributed by atoms with E-state index in [0.717, 1.165) is 11.1 Å². The number of carboxylic acids is 1. The fourth-order valence-corrected chi connectivity index (χ4v) is 1.57. The van der Waals surface area contributed by atoms with Crippen molar-refractivity contribution >= 4 is 5.97 Å². The molecule has 1 atom stereocenters. The van der Waals surface area contributed by atoms with Gasteiger partial charge >= 0.3 is 5.97 Å². The third-order valence-corrected chi connectivity index (χ3v) is 2.31. The molecule has 4 heteroatoms. The van der Waals surface area contributed by atoms with Gasteiger partial charge < -0.3 is 5.11 Å². The van der Waals surface area contributed by atoms with E-state index in [2.05, 4.69) is 6.07 Å². The maximum absolute atomic E-state index is 10.6. The Balaban J connectivity index is 2.91. The van der Waals surface area contributed by atoms with Gasteiger partial charge in [-0.3, -0.25) is 9.69 Å². The molecule has 1 aromatic carbocycles. The van der Waals surface area contributed by atoms with Crippen molar-refractivity contribution in [3.05, 3.63) is 35.4 Å². The summed E-state index contributed by atoms with van der Waals surface area (Å²) < 4.78 is 0. The van der Waals surface area contributed by atoms with Crippen molar-refractivity contribution < 1.29 is 9.90 Å². The van der Waals surface area contributed by atoms with Gasteiger partial charge in [0.25, 0.3) is 0 Å². The number of aryl methyl sites for hydroxylation is 1. The molecule has 0 radical (unpaired) electrons. The summed E-state index contributed by atoms with van der Waals surface area (Å²) in [5.41, 5.74) is 1.88. The molecule has 0 aliphatic carbocycles. The lowest BCUT2D eigenvalue weighted by Gasteiger charge is -2.20. The largest absolute Gasteiger partial charge is 0.480 e. The minimum Gasteiger partial charge on any atom is -0.480 e. The van der Waals surface area contributed by atoms with Gasteiger partial charge in [0.15, 0.2) is 0 Å². The first kappa shape index (κ1) is 12.2. The second-order valence-electron chi connectivity index (χ2n) is 3.75. The van der Waals surface area contributed by atoms with Crippen molar-refractivity contribution in [2.45, 2.75) is 13.0 Å². The van der Waals surface area contributed by atoms with E-state index in [-0.39, 0.29) is 6.54 Å². The summed E-state index contributed by atoms with van der Waals surface area (Å²) in [6.45, 7) is 1.79. The quantitative estimate of drug-likeness (QED) is 0.833. The highest BCUT2D eigenvalue weighted by molar-refractivity contribution is 5.69. The van der Waals surface area contributed by atoms with E-state index in [1.807, 2.05) is 31.2 Å². The lowest BCUT2D eigenvalue weighted by atomic mass is 10.0. The van der Waals surface area contributed by atoms with Gasteiger partial charge in [-0.2, -0.15) is 5.26 Å². The molecule has 1 aromatic rings. The normalized spacial score (nSPS) is 12.1. The van der Waals surface area contributed by atoms with Gasteiger partial charge in [0.05, 0.1) is 12.6 Å². The summed E-state index contributed by atoms with van der Waals surface area (Å²) in [5.74, 6) is -0.935. The highest BCUT2D eigenvalue weighted by atomic mass is 16.4. The molecular weight excluding hydrogens is 204 g/mol. The van der Waals surface area contributed by atoms with Crippen molar-refractivity contribution in [2.24, 2.45) is 0 Å². The van der Waals surface area contributed by atoms with Crippen LogP contribution in [0.25, 0.3) is 0 Å². The zero-order valence-corrected chi connectivity index (χ0v) is 9.34. The summed E-state index contributed by atoms with van der Waals surface area (Å²) in [6, 6.07) is 9.13. The molecule has 0 heterocycles. The van der Waals surface area contributed by atoms with Crippen molar-refractivity contribution in [3.63, 3.8) is 0 Å². The molecular formula is C12H14N2O2. The first-order chi connectivity index (χ1) is 7.54. The standard InChI is InChI=1S/C12H14N2O2/c1-9-4-3-5-10(6-9)11(7-13)14(2)8-12(15)16/h3-6,11H,8H2,1-2H3,(H,15,16). The van der Waals surface area contributed by atoms with E-state index in [1.165, 1.54) is 4.90 Å². The van der Waals surface area contributed by atoms with Gasteiger partial charge in [-0.1, -0.05) is 29.8 Å². The molecule has 0 saturated carbocycles. The molecule has 4 nitrogen and oxygen atoms in total. The predicted molar refractivity (Wildman–Crippen MR) is 59.8 cm³/mol. The lowest BCUT2D eigenvalue weighted by Crippen LogP contribution is -2.29. The van der Waals surface area contributed by atoms with E-state index in [9.17, 15) is 4.79 Å². The zero-order valence-electron chi connectivity index (χ0n) is 9.34. The van der Waals surface area contributed by atoms with Gasteiger partial charge in [-0.05, 0) is 19.5 Å². The molecule has 0 aliphatic heterocycles. The summed E-state index contributed by atoms with van der Waals surface area (Å²) >= 11 is 0. The van der Waals surface area contributed by atoms with Crippen LogP contribution < -0.4 is 0 Å². The number of carbonyl (C=O) groups is 1. The lowest BCUT2D eigenvalue weighted by molar-refractivity contribution is -0.138. The maximum Gasteiger partial charge on any atom is 0.317 e. The van der Waals surface area contributed by atoms with Crippen LogP contribution in [0.15, 0.2) is 24.3 Å². The number of hydrogen-bond acceptors (Lipinski definition) is 3. The molecule has 0 fully saturated rings. The van der Waals surface area contributed by atoms with Crippen LogP contribution >= 0.6 is 0 Å². The third kappa shape index (κ3) is 3.07.